The summed E-state index contributed by atoms with van der Waals surface area (Å²) < 4.78 is 0. The third-order valence-corrected chi connectivity index (χ3v) is 5.86. The van der Waals surface area contributed by atoms with E-state index >= 15 is 0 Å². The van der Waals surface area contributed by atoms with Gasteiger partial charge in [0.15, 0.2) is 0 Å². The summed E-state index contributed by atoms with van der Waals surface area (Å²) in [6, 6.07) is 3.53. The highest BCUT2D eigenvalue weighted by molar-refractivity contribution is 5.85. The summed E-state index contributed by atoms with van der Waals surface area (Å²) in [6.07, 6.45) is 7.19. The van der Waals surface area contributed by atoms with Gasteiger partial charge in [-0.2, -0.15) is 4.98 Å². The molecular weight excluding hydrogens is 383 g/mol. The lowest BCUT2D eigenvalue weighted by atomic mass is 10.0. The van der Waals surface area contributed by atoms with Gasteiger partial charge in [0.1, 0.15) is 5.82 Å². The van der Waals surface area contributed by atoms with Gasteiger partial charge in [0.2, 0.25) is 5.95 Å². The molecule has 0 aromatic carbocycles. The van der Waals surface area contributed by atoms with Crippen molar-refractivity contribution >= 4 is 36.6 Å². The minimum absolute atomic E-state index is 0. The summed E-state index contributed by atoms with van der Waals surface area (Å²) in [5.41, 5.74) is 1.17. The molecule has 0 spiro atoms. The summed E-state index contributed by atoms with van der Waals surface area (Å²) >= 11 is 0. The highest BCUT2D eigenvalue weighted by Gasteiger charge is 2.25. The maximum Gasteiger partial charge on any atom is 0.227 e. The highest BCUT2D eigenvalue weighted by Crippen LogP contribution is 2.24. The molecule has 4 heterocycles. The number of anilines is 2. The van der Waals surface area contributed by atoms with Gasteiger partial charge >= 0.3 is 0 Å². The normalized spacial score (nSPS) is 23.2. The van der Waals surface area contributed by atoms with Crippen molar-refractivity contribution in [3.05, 3.63) is 11.8 Å². The largest absolute Gasteiger partial charge is 0.356 e. The second-order valence-electron chi connectivity index (χ2n) is 7.68. The molecule has 4 rings (SSSR count). The fourth-order valence-electron chi connectivity index (χ4n) is 4.28. The Hall–Kier alpha value is -0.820. The summed E-state index contributed by atoms with van der Waals surface area (Å²) in [5, 5.41) is 7.29. The lowest BCUT2D eigenvalue weighted by Gasteiger charge is -2.35. The fraction of sp³-hybridized carbons (Fsp3) is 0.789. The maximum atomic E-state index is 4.93. The van der Waals surface area contributed by atoms with E-state index in [1.807, 2.05) is 0 Å². The number of aromatic nitrogens is 2. The molecule has 0 radical (unpaired) electrons. The zero-order valence-corrected chi connectivity index (χ0v) is 18.0. The molecular formula is C19H34Cl2N6. The molecule has 6 nitrogen and oxygen atoms in total. The van der Waals surface area contributed by atoms with Crippen molar-refractivity contribution in [1.29, 1.82) is 0 Å². The molecule has 0 unspecified atom stereocenters. The van der Waals surface area contributed by atoms with Crippen LogP contribution in [-0.4, -0.2) is 61.3 Å². The second-order valence-corrected chi connectivity index (χ2v) is 7.68. The van der Waals surface area contributed by atoms with Crippen molar-refractivity contribution in [2.75, 3.05) is 49.1 Å². The van der Waals surface area contributed by atoms with Crippen LogP contribution in [0, 0.1) is 0 Å². The van der Waals surface area contributed by atoms with Gasteiger partial charge in [-0.3, -0.25) is 0 Å². The number of hydrogen-bond donors (Lipinski definition) is 2. The Morgan fingerprint density at radius 2 is 1.74 bits per heavy atom. The van der Waals surface area contributed by atoms with E-state index in [0.29, 0.717) is 12.1 Å². The highest BCUT2D eigenvalue weighted by atomic mass is 35.5. The first-order chi connectivity index (χ1) is 12.3. The first-order valence-corrected chi connectivity index (χ1v) is 10.2. The molecule has 154 valence electrons. The molecule has 8 heteroatoms. The number of rotatable bonds is 5. The molecule has 27 heavy (non-hydrogen) atoms. The molecule has 0 saturated carbocycles. The summed E-state index contributed by atoms with van der Waals surface area (Å²) in [7, 11) is 0. The lowest BCUT2D eigenvalue weighted by molar-refractivity contribution is 0.375. The van der Waals surface area contributed by atoms with Crippen molar-refractivity contribution in [2.45, 2.75) is 57.5 Å². The quantitative estimate of drug-likeness (QED) is 0.768. The molecule has 0 amide bonds. The second kappa shape index (κ2) is 10.6. The smallest absolute Gasteiger partial charge is 0.227 e. The van der Waals surface area contributed by atoms with E-state index in [1.165, 1.54) is 37.8 Å². The van der Waals surface area contributed by atoms with E-state index in [9.17, 15) is 0 Å². The fourth-order valence-corrected chi connectivity index (χ4v) is 4.28. The van der Waals surface area contributed by atoms with E-state index in [-0.39, 0.29) is 24.8 Å². The third-order valence-electron chi connectivity index (χ3n) is 5.86. The third kappa shape index (κ3) is 5.59. The van der Waals surface area contributed by atoms with Crippen LogP contribution in [-0.2, 0) is 6.42 Å². The van der Waals surface area contributed by atoms with Crippen molar-refractivity contribution in [1.82, 2.24) is 20.6 Å². The van der Waals surface area contributed by atoms with Crippen LogP contribution in [0.4, 0.5) is 11.8 Å². The molecule has 0 aliphatic carbocycles. The minimum Gasteiger partial charge on any atom is -0.356 e. The van der Waals surface area contributed by atoms with Crippen LogP contribution in [0.5, 0.6) is 0 Å². The topological polar surface area (TPSA) is 56.3 Å². The number of halogens is 2. The van der Waals surface area contributed by atoms with Crippen molar-refractivity contribution in [3.63, 3.8) is 0 Å². The number of piperidine rings is 1. The first kappa shape index (κ1) is 22.5. The van der Waals surface area contributed by atoms with Gasteiger partial charge in [-0.1, -0.05) is 6.92 Å². The summed E-state index contributed by atoms with van der Waals surface area (Å²) in [4.78, 5) is 14.5. The van der Waals surface area contributed by atoms with E-state index in [0.717, 1.165) is 57.5 Å². The van der Waals surface area contributed by atoms with Crippen LogP contribution in [0.1, 0.15) is 44.7 Å². The van der Waals surface area contributed by atoms with Crippen LogP contribution < -0.4 is 20.4 Å². The molecule has 3 aliphatic rings. The Morgan fingerprint density at radius 3 is 2.37 bits per heavy atom. The van der Waals surface area contributed by atoms with E-state index < -0.39 is 0 Å². The van der Waals surface area contributed by atoms with Crippen molar-refractivity contribution < 1.29 is 0 Å². The lowest BCUT2D eigenvalue weighted by Crippen LogP contribution is -2.47. The molecule has 2 N–H and O–H groups in total. The molecule has 1 atom stereocenters. The standard InChI is InChI=1S/C19H32N6.2ClH/c1-2-15-13-18(23-19(22-15)25-9-3-4-10-25)24-11-6-16(7-12-24)21-17-5-8-20-14-17;;/h13,16-17,20-21H,2-12,14H2,1H3;2*1H/t17-;;/m1../s1. The zero-order chi connectivity index (χ0) is 17.1. The van der Waals surface area contributed by atoms with E-state index in [2.05, 4.69) is 33.4 Å². The van der Waals surface area contributed by atoms with Crippen molar-refractivity contribution in [3.8, 4) is 0 Å². The van der Waals surface area contributed by atoms with Crippen LogP contribution in [0.15, 0.2) is 6.07 Å². The molecule has 3 saturated heterocycles. The predicted octanol–water partition coefficient (Wildman–Crippen LogP) is 2.40. The van der Waals surface area contributed by atoms with Crippen LogP contribution in [0.2, 0.25) is 0 Å². The Kier molecular flexibility index (Phi) is 8.86. The SMILES string of the molecule is CCc1cc(N2CCC(N[C@@H]3CCNC3)CC2)nc(N2CCCC2)n1.Cl.Cl. The number of aryl methyl sites for hydroxylation is 1. The van der Waals surface area contributed by atoms with Crippen LogP contribution in [0.3, 0.4) is 0 Å². The van der Waals surface area contributed by atoms with Crippen molar-refractivity contribution in [2.24, 2.45) is 0 Å². The number of nitrogens with zero attached hydrogens (tertiary/aromatic N) is 4. The average molecular weight is 417 g/mol. The van der Waals surface area contributed by atoms with Gasteiger partial charge in [0.05, 0.1) is 0 Å². The van der Waals surface area contributed by atoms with Gasteiger partial charge in [0.25, 0.3) is 0 Å². The van der Waals surface area contributed by atoms with Crippen LogP contribution in [0.25, 0.3) is 0 Å². The molecule has 3 fully saturated rings. The molecule has 1 aromatic rings. The number of hydrogen-bond acceptors (Lipinski definition) is 6. The molecule has 1 aromatic heterocycles. The van der Waals surface area contributed by atoms with Crippen LogP contribution >= 0.6 is 24.8 Å². The Bertz CT molecular complexity index is 567. The zero-order valence-electron chi connectivity index (χ0n) is 16.3. The van der Waals surface area contributed by atoms with Gasteiger partial charge in [-0.05, 0) is 45.1 Å². The molecule has 0 bridgehead atoms. The van der Waals surface area contributed by atoms with E-state index in [4.69, 9.17) is 9.97 Å². The average Bonchev–Trinajstić information content (AvgIpc) is 3.36. The predicted molar refractivity (Wildman–Crippen MR) is 117 cm³/mol. The molecule has 3 aliphatic heterocycles. The summed E-state index contributed by atoms with van der Waals surface area (Å²) in [6.45, 7) is 8.88. The first-order valence-electron chi connectivity index (χ1n) is 10.2. The number of nitrogens with one attached hydrogen (secondary N) is 2. The van der Waals surface area contributed by atoms with Gasteiger partial charge in [-0.25, -0.2) is 4.98 Å². The van der Waals surface area contributed by atoms with Gasteiger partial charge in [-0.15, -0.1) is 24.8 Å². The van der Waals surface area contributed by atoms with E-state index in [1.54, 1.807) is 0 Å². The Balaban J connectivity index is 0.00000131. The minimum atomic E-state index is 0. The maximum absolute atomic E-state index is 4.93. The van der Waals surface area contributed by atoms with Gasteiger partial charge in [0, 0.05) is 56.6 Å². The van der Waals surface area contributed by atoms with Gasteiger partial charge < -0.3 is 20.4 Å². The monoisotopic (exact) mass is 416 g/mol. The Labute approximate surface area is 175 Å². The Morgan fingerprint density at radius 1 is 1.00 bits per heavy atom. The summed E-state index contributed by atoms with van der Waals surface area (Å²) in [5.74, 6) is 2.08.